The molecule has 0 aliphatic carbocycles. The molecular weight excluding hydrogens is 240 g/mol. The molecule has 100 valence electrons. The van der Waals surface area contributed by atoms with Crippen molar-refractivity contribution in [3.63, 3.8) is 0 Å². The summed E-state index contributed by atoms with van der Waals surface area (Å²) in [6, 6.07) is 4.28. The monoisotopic (exact) mass is 256 g/mol. The van der Waals surface area contributed by atoms with E-state index in [9.17, 15) is 9.90 Å². The van der Waals surface area contributed by atoms with Crippen LogP contribution in [0.4, 0.5) is 0 Å². The van der Waals surface area contributed by atoms with Gasteiger partial charge in [0.25, 0.3) is 0 Å². The smallest absolute Gasteiger partial charge is 0.341 e. The van der Waals surface area contributed by atoms with Gasteiger partial charge >= 0.3 is 5.97 Å². The Bertz CT molecular complexity index is 390. The van der Waals surface area contributed by atoms with Crippen LogP contribution in [0.1, 0.15) is 10.4 Å². The molecule has 0 aliphatic heterocycles. The van der Waals surface area contributed by atoms with Gasteiger partial charge in [-0.05, 0) is 18.2 Å². The lowest BCUT2D eigenvalue weighted by atomic mass is 10.2. The van der Waals surface area contributed by atoms with Crippen LogP contribution in [0, 0.1) is 0 Å². The Labute approximate surface area is 105 Å². The summed E-state index contributed by atoms with van der Waals surface area (Å²) in [4.78, 5) is 11.3. The summed E-state index contributed by atoms with van der Waals surface area (Å²) >= 11 is 0. The highest BCUT2D eigenvalue weighted by molar-refractivity contribution is 5.92. The van der Waals surface area contributed by atoms with Crippen molar-refractivity contribution in [1.29, 1.82) is 0 Å². The van der Waals surface area contributed by atoms with Crippen molar-refractivity contribution >= 4 is 5.97 Å². The van der Waals surface area contributed by atoms with Gasteiger partial charge in [-0.15, -0.1) is 0 Å². The zero-order valence-corrected chi connectivity index (χ0v) is 10.3. The number of phenols is 1. The Balaban J connectivity index is 2.54. The Morgan fingerprint density at radius 1 is 1.28 bits per heavy atom. The first-order valence-electron chi connectivity index (χ1n) is 5.30. The van der Waals surface area contributed by atoms with Gasteiger partial charge in [0.2, 0.25) is 0 Å². The van der Waals surface area contributed by atoms with Gasteiger partial charge in [0.05, 0.1) is 20.3 Å². The van der Waals surface area contributed by atoms with Crippen molar-refractivity contribution < 1.29 is 28.8 Å². The van der Waals surface area contributed by atoms with Gasteiger partial charge in [-0.25, -0.2) is 4.79 Å². The fraction of sp³-hybridized carbons (Fsp3) is 0.417. The highest BCUT2D eigenvalue weighted by Crippen LogP contribution is 2.23. The van der Waals surface area contributed by atoms with E-state index in [4.69, 9.17) is 14.2 Å². The maximum Gasteiger partial charge on any atom is 0.341 e. The first kappa shape index (κ1) is 14.3. The largest absolute Gasteiger partial charge is 0.507 e. The molecule has 1 rings (SSSR count). The summed E-state index contributed by atoms with van der Waals surface area (Å²) < 4.78 is 19.7. The van der Waals surface area contributed by atoms with Crippen LogP contribution in [0.3, 0.4) is 0 Å². The molecule has 6 nitrogen and oxygen atoms in total. The number of esters is 1. The highest BCUT2D eigenvalue weighted by atomic mass is 16.7. The Hall–Kier alpha value is -1.79. The number of aromatic hydroxyl groups is 1. The van der Waals surface area contributed by atoms with Crippen molar-refractivity contribution in [2.75, 3.05) is 34.2 Å². The first-order chi connectivity index (χ1) is 8.69. The number of methoxy groups -OCH3 is 2. The van der Waals surface area contributed by atoms with Crippen molar-refractivity contribution in [3.05, 3.63) is 23.8 Å². The predicted octanol–water partition coefficient (Wildman–Crippen LogP) is 1.18. The molecule has 0 bridgehead atoms. The second-order valence-corrected chi connectivity index (χ2v) is 3.33. The van der Waals surface area contributed by atoms with Crippen LogP contribution in [-0.4, -0.2) is 45.3 Å². The number of benzene rings is 1. The normalized spacial score (nSPS) is 10.1. The maximum atomic E-state index is 11.3. The van der Waals surface area contributed by atoms with E-state index < -0.39 is 5.97 Å². The van der Waals surface area contributed by atoms with E-state index in [1.54, 1.807) is 7.11 Å². The minimum Gasteiger partial charge on any atom is -0.507 e. The summed E-state index contributed by atoms with van der Waals surface area (Å²) in [5, 5.41) is 9.47. The van der Waals surface area contributed by atoms with Crippen molar-refractivity contribution in [1.82, 2.24) is 0 Å². The zero-order chi connectivity index (χ0) is 13.4. The summed E-state index contributed by atoms with van der Waals surface area (Å²) in [6.07, 6.45) is 0. The molecule has 6 heteroatoms. The van der Waals surface area contributed by atoms with Gasteiger partial charge < -0.3 is 24.1 Å². The molecule has 0 amide bonds. The number of ether oxygens (including phenoxy) is 4. The van der Waals surface area contributed by atoms with E-state index in [1.807, 2.05) is 0 Å². The van der Waals surface area contributed by atoms with Crippen molar-refractivity contribution in [2.24, 2.45) is 0 Å². The van der Waals surface area contributed by atoms with Crippen LogP contribution in [0.2, 0.25) is 0 Å². The van der Waals surface area contributed by atoms with E-state index >= 15 is 0 Å². The summed E-state index contributed by atoms with van der Waals surface area (Å²) in [5.74, 6) is -0.377. The lowest BCUT2D eigenvalue weighted by molar-refractivity contribution is -0.00856. The minimum absolute atomic E-state index is 0.0365. The van der Waals surface area contributed by atoms with Crippen LogP contribution in [0.15, 0.2) is 18.2 Å². The highest BCUT2D eigenvalue weighted by Gasteiger charge is 2.12. The predicted molar refractivity (Wildman–Crippen MR) is 62.8 cm³/mol. The summed E-state index contributed by atoms with van der Waals surface area (Å²) in [5.41, 5.74) is 0.0480. The molecule has 0 aliphatic rings. The van der Waals surface area contributed by atoms with Gasteiger partial charge in [-0.3, -0.25) is 0 Å². The SMILES string of the molecule is COCCOCOc1ccc(O)c(C(=O)OC)c1. The Kier molecular flexibility index (Phi) is 5.96. The Morgan fingerprint density at radius 2 is 2.06 bits per heavy atom. The third-order valence-electron chi connectivity index (χ3n) is 2.11. The van der Waals surface area contributed by atoms with Crippen LogP contribution >= 0.6 is 0 Å². The van der Waals surface area contributed by atoms with Crippen molar-refractivity contribution in [2.45, 2.75) is 0 Å². The molecule has 0 saturated carbocycles. The number of carbonyl (C=O) groups excluding carboxylic acids is 1. The molecular formula is C12H16O6. The molecule has 0 fully saturated rings. The number of phenolic OH excluding ortho intramolecular Hbond substituents is 1. The van der Waals surface area contributed by atoms with E-state index in [1.165, 1.54) is 25.3 Å². The van der Waals surface area contributed by atoms with Gasteiger partial charge in [0.15, 0.2) is 6.79 Å². The lowest BCUT2D eigenvalue weighted by Crippen LogP contribution is -2.08. The van der Waals surface area contributed by atoms with Crippen molar-refractivity contribution in [3.8, 4) is 11.5 Å². The van der Waals surface area contributed by atoms with Crippen LogP contribution in [0.5, 0.6) is 11.5 Å². The average Bonchev–Trinajstić information content (AvgIpc) is 2.39. The third-order valence-corrected chi connectivity index (χ3v) is 2.11. The molecule has 0 radical (unpaired) electrons. The number of carbonyl (C=O) groups is 1. The fourth-order valence-electron chi connectivity index (χ4n) is 1.19. The number of rotatable bonds is 7. The second-order valence-electron chi connectivity index (χ2n) is 3.33. The van der Waals surface area contributed by atoms with E-state index in [2.05, 4.69) is 4.74 Å². The third kappa shape index (κ3) is 4.23. The van der Waals surface area contributed by atoms with E-state index in [-0.39, 0.29) is 18.1 Å². The molecule has 0 atom stereocenters. The average molecular weight is 256 g/mol. The standard InChI is InChI=1S/C12H16O6/c1-15-5-6-17-8-18-9-3-4-11(13)10(7-9)12(14)16-2/h3-4,7,13H,5-6,8H2,1-2H3. The molecule has 18 heavy (non-hydrogen) atoms. The molecule has 0 spiro atoms. The van der Waals surface area contributed by atoms with Gasteiger partial charge in [-0.1, -0.05) is 0 Å². The van der Waals surface area contributed by atoms with Gasteiger partial charge in [-0.2, -0.15) is 0 Å². The van der Waals surface area contributed by atoms with E-state index in [0.29, 0.717) is 19.0 Å². The molecule has 0 saturated heterocycles. The maximum absolute atomic E-state index is 11.3. The molecule has 1 aromatic carbocycles. The first-order valence-corrected chi connectivity index (χ1v) is 5.30. The topological polar surface area (TPSA) is 74.2 Å². The number of hydrogen-bond acceptors (Lipinski definition) is 6. The molecule has 1 aromatic rings. The molecule has 0 heterocycles. The summed E-state index contributed by atoms with van der Waals surface area (Å²) in [6.45, 7) is 0.930. The quantitative estimate of drug-likeness (QED) is 0.448. The van der Waals surface area contributed by atoms with E-state index in [0.717, 1.165) is 0 Å². The van der Waals surface area contributed by atoms with Crippen LogP contribution in [-0.2, 0) is 14.2 Å². The second kappa shape index (κ2) is 7.52. The summed E-state index contributed by atoms with van der Waals surface area (Å²) in [7, 11) is 2.82. The number of hydrogen-bond donors (Lipinski definition) is 1. The van der Waals surface area contributed by atoms with Gasteiger partial charge in [0.1, 0.15) is 17.1 Å². The van der Waals surface area contributed by atoms with Gasteiger partial charge in [0, 0.05) is 7.11 Å². The molecule has 0 unspecified atom stereocenters. The minimum atomic E-state index is -0.627. The lowest BCUT2D eigenvalue weighted by Gasteiger charge is -2.09. The Morgan fingerprint density at radius 3 is 2.72 bits per heavy atom. The zero-order valence-electron chi connectivity index (χ0n) is 10.3. The molecule has 1 N–H and O–H groups in total. The molecule has 0 aromatic heterocycles. The van der Waals surface area contributed by atoms with Crippen LogP contribution in [0.25, 0.3) is 0 Å². The van der Waals surface area contributed by atoms with Crippen LogP contribution < -0.4 is 4.74 Å². The fourth-order valence-corrected chi connectivity index (χ4v) is 1.19.